The Hall–Kier alpha value is -2.94. The van der Waals surface area contributed by atoms with E-state index in [0.717, 1.165) is 24.1 Å². The van der Waals surface area contributed by atoms with Gasteiger partial charge in [0.25, 0.3) is 0 Å². The predicted molar refractivity (Wildman–Crippen MR) is 140 cm³/mol. The molecule has 6 nitrogen and oxygen atoms in total. The molecule has 200 valence electrons. The average Bonchev–Trinajstić information content (AvgIpc) is 3.66. The molecule has 1 fully saturated rings. The zero-order chi connectivity index (χ0) is 26.6. The summed E-state index contributed by atoms with van der Waals surface area (Å²) in [5, 5.41) is 0.773. The maximum absolute atomic E-state index is 13.0. The molecule has 1 amide bonds. The lowest BCUT2D eigenvalue weighted by atomic mass is 10.0. The summed E-state index contributed by atoms with van der Waals surface area (Å²) in [6.07, 6.45) is 5.19. The van der Waals surface area contributed by atoms with Crippen LogP contribution in [0.1, 0.15) is 35.6 Å². The molecule has 0 radical (unpaired) electrons. The molecule has 2 aliphatic rings. The first-order chi connectivity index (χ1) is 18.4. The van der Waals surface area contributed by atoms with Gasteiger partial charge in [0, 0.05) is 31.0 Å². The number of nitrogens with zero attached hydrogens (tertiary/aromatic N) is 2. The van der Waals surface area contributed by atoms with Gasteiger partial charge in [-0.25, -0.2) is 0 Å². The SMILES string of the molecule is O=C1Cc2ccccc2N1CCO[C@@H](Cc1c(Cl)cncc1Cl)c1ccc(OC(F)F)c(OCC2CC2)c1. The fraction of sp³-hybridized carbons (Fsp3) is 0.357. The molecular weight excluding hydrogens is 537 g/mol. The number of carbonyl (C=O) groups is 1. The molecule has 38 heavy (non-hydrogen) atoms. The lowest BCUT2D eigenvalue weighted by Crippen LogP contribution is -2.31. The molecule has 0 bridgehead atoms. The minimum atomic E-state index is -2.98. The van der Waals surface area contributed by atoms with Crippen LogP contribution in [0.3, 0.4) is 0 Å². The predicted octanol–water partition coefficient (Wildman–Crippen LogP) is 6.67. The number of halogens is 4. The second-order valence-corrected chi connectivity index (χ2v) is 10.1. The maximum atomic E-state index is 13.0. The topological polar surface area (TPSA) is 60.9 Å². The molecule has 1 aliphatic heterocycles. The Morgan fingerprint density at radius 3 is 2.55 bits per heavy atom. The van der Waals surface area contributed by atoms with Crippen LogP contribution < -0.4 is 14.4 Å². The van der Waals surface area contributed by atoms with Crippen LogP contribution in [0.4, 0.5) is 14.5 Å². The molecule has 3 aromatic rings. The Morgan fingerprint density at radius 2 is 1.82 bits per heavy atom. The van der Waals surface area contributed by atoms with Crippen molar-refractivity contribution in [2.45, 2.75) is 38.4 Å². The van der Waals surface area contributed by atoms with E-state index in [1.807, 2.05) is 24.3 Å². The first-order valence-corrected chi connectivity index (χ1v) is 13.1. The fourth-order valence-corrected chi connectivity index (χ4v) is 4.98. The Bertz CT molecular complexity index is 1290. The van der Waals surface area contributed by atoms with Crippen molar-refractivity contribution in [2.75, 3.05) is 24.7 Å². The highest BCUT2D eigenvalue weighted by molar-refractivity contribution is 6.35. The number of hydrogen-bond acceptors (Lipinski definition) is 5. The number of hydrogen-bond donors (Lipinski definition) is 0. The van der Waals surface area contributed by atoms with Crippen molar-refractivity contribution < 1.29 is 27.8 Å². The molecule has 2 aromatic carbocycles. The number of benzene rings is 2. The summed E-state index contributed by atoms with van der Waals surface area (Å²) in [5.74, 6) is 0.609. The Kier molecular flexibility index (Phi) is 8.31. The molecule has 0 unspecified atom stereocenters. The Morgan fingerprint density at radius 1 is 1.05 bits per heavy atom. The van der Waals surface area contributed by atoms with E-state index < -0.39 is 12.7 Å². The van der Waals surface area contributed by atoms with Gasteiger partial charge in [-0.1, -0.05) is 47.5 Å². The fourth-order valence-electron chi connectivity index (χ4n) is 4.46. The molecule has 1 saturated carbocycles. The van der Waals surface area contributed by atoms with E-state index in [1.54, 1.807) is 17.0 Å². The monoisotopic (exact) mass is 562 g/mol. The number of aromatic nitrogens is 1. The van der Waals surface area contributed by atoms with E-state index in [0.29, 0.717) is 53.1 Å². The second-order valence-electron chi connectivity index (χ2n) is 9.34. The lowest BCUT2D eigenvalue weighted by Gasteiger charge is -2.23. The van der Waals surface area contributed by atoms with Gasteiger partial charge < -0.3 is 19.1 Å². The standard InChI is InChI=1S/C28H26Cl2F2N2O4/c29-21-14-33-15-22(30)20(21)13-25(36-10-9-34-23-4-2-1-3-18(23)12-27(34)35)19-7-8-24(38-28(31)32)26(11-19)37-16-17-5-6-17/h1-4,7-8,11,14-15,17,25,28H,5-6,9-10,12-13,16H2/t25-/m0/s1. The summed E-state index contributed by atoms with van der Waals surface area (Å²) in [5.41, 5.74) is 3.18. The smallest absolute Gasteiger partial charge is 0.387 e. The van der Waals surface area contributed by atoms with Gasteiger partial charge in [-0.3, -0.25) is 9.78 Å². The number of carbonyl (C=O) groups excluding carboxylic acids is 1. The van der Waals surface area contributed by atoms with Crippen LogP contribution in [0.5, 0.6) is 11.5 Å². The van der Waals surface area contributed by atoms with Gasteiger partial charge in [-0.2, -0.15) is 8.78 Å². The third kappa shape index (κ3) is 6.37. The number of anilines is 1. The highest BCUT2D eigenvalue weighted by Crippen LogP contribution is 2.38. The number of amides is 1. The molecule has 0 N–H and O–H groups in total. The van der Waals surface area contributed by atoms with Gasteiger partial charge in [0.15, 0.2) is 11.5 Å². The van der Waals surface area contributed by atoms with Crippen LogP contribution in [-0.4, -0.2) is 37.3 Å². The Balaban J connectivity index is 1.38. The van der Waals surface area contributed by atoms with Crippen LogP contribution in [0.15, 0.2) is 54.9 Å². The van der Waals surface area contributed by atoms with Crippen LogP contribution in [0.2, 0.25) is 10.0 Å². The van der Waals surface area contributed by atoms with Gasteiger partial charge >= 0.3 is 6.61 Å². The summed E-state index contributed by atoms with van der Waals surface area (Å²) in [7, 11) is 0. The van der Waals surface area contributed by atoms with E-state index >= 15 is 0 Å². The minimum absolute atomic E-state index is 0.0100. The van der Waals surface area contributed by atoms with Crippen molar-refractivity contribution in [3.63, 3.8) is 0 Å². The summed E-state index contributed by atoms with van der Waals surface area (Å²) in [4.78, 5) is 18.3. The zero-order valence-electron chi connectivity index (χ0n) is 20.4. The van der Waals surface area contributed by atoms with Gasteiger partial charge in [0.05, 0.1) is 35.8 Å². The number of fused-ring (bicyclic) bond motifs is 1. The molecule has 5 rings (SSSR count). The third-order valence-electron chi connectivity index (χ3n) is 6.63. The van der Waals surface area contributed by atoms with Crippen molar-refractivity contribution in [3.8, 4) is 11.5 Å². The number of rotatable bonds is 12. The Labute approximate surface area is 229 Å². The number of para-hydroxylation sites is 1. The molecule has 10 heteroatoms. The summed E-state index contributed by atoms with van der Waals surface area (Å²) in [6, 6.07) is 12.4. The van der Waals surface area contributed by atoms with Crippen LogP contribution >= 0.6 is 23.2 Å². The summed E-state index contributed by atoms with van der Waals surface area (Å²) < 4.78 is 42.9. The van der Waals surface area contributed by atoms with Crippen molar-refractivity contribution in [2.24, 2.45) is 5.92 Å². The van der Waals surface area contributed by atoms with Crippen LogP contribution in [0, 0.1) is 5.92 Å². The number of ether oxygens (including phenoxy) is 3. The first kappa shape index (κ1) is 26.7. The zero-order valence-corrected chi connectivity index (χ0v) is 21.9. The van der Waals surface area contributed by atoms with Crippen molar-refractivity contribution in [1.82, 2.24) is 4.98 Å². The first-order valence-electron chi connectivity index (χ1n) is 12.4. The lowest BCUT2D eigenvalue weighted by molar-refractivity contribution is -0.117. The summed E-state index contributed by atoms with van der Waals surface area (Å²) in [6.45, 7) is -1.99. The van der Waals surface area contributed by atoms with E-state index in [1.165, 1.54) is 18.5 Å². The highest BCUT2D eigenvalue weighted by atomic mass is 35.5. The quantitative estimate of drug-likeness (QED) is 0.247. The summed E-state index contributed by atoms with van der Waals surface area (Å²) >= 11 is 12.8. The highest BCUT2D eigenvalue weighted by Gasteiger charge is 2.28. The third-order valence-corrected chi connectivity index (χ3v) is 7.28. The van der Waals surface area contributed by atoms with E-state index in [4.69, 9.17) is 32.7 Å². The molecule has 1 aliphatic carbocycles. The van der Waals surface area contributed by atoms with Gasteiger partial charge in [0.2, 0.25) is 5.91 Å². The molecular formula is C28H26Cl2F2N2O4. The molecule has 1 aromatic heterocycles. The van der Waals surface area contributed by atoms with Crippen molar-refractivity contribution in [1.29, 1.82) is 0 Å². The van der Waals surface area contributed by atoms with E-state index in [2.05, 4.69) is 9.72 Å². The van der Waals surface area contributed by atoms with E-state index in [9.17, 15) is 13.6 Å². The molecule has 0 saturated heterocycles. The van der Waals surface area contributed by atoms with Crippen molar-refractivity contribution in [3.05, 3.63) is 81.6 Å². The average molecular weight is 563 g/mol. The maximum Gasteiger partial charge on any atom is 0.387 e. The molecule has 0 spiro atoms. The van der Waals surface area contributed by atoms with Crippen LogP contribution in [0.25, 0.3) is 0 Å². The largest absolute Gasteiger partial charge is 0.489 e. The number of pyridine rings is 1. The normalized spacial score (nSPS) is 15.6. The van der Waals surface area contributed by atoms with Gasteiger partial charge in [0.1, 0.15) is 0 Å². The number of alkyl halides is 2. The molecule has 2 heterocycles. The molecule has 1 atom stereocenters. The van der Waals surface area contributed by atoms with Gasteiger partial charge in [-0.05, 0) is 53.6 Å². The van der Waals surface area contributed by atoms with E-state index in [-0.39, 0.29) is 24.0 Å². The second kappa shape index (κ2) is 11.8. The van der Waals surface area contributed by atoms with Gasteiger partial charge in [-0.15, -0.1) is 0 Å². The van der Waals surface area contributed by atoms with Crippen molar-refractivity contribution >= 4 is 34.8 Å². The minimum Gasteiger partial charge on any atom is -0.489 e. The van der Waals surface area contributed by atoms with Crippen LogP contribution in [-0.2, 0) is 22.4 Å².